The van der Waals surface area contributed by atoms with Crippen LogP contribution in [-0.2, 0) is 0 Å². The van der Waals surface area contributed by atoms with Gasteiger partial charge in [0.2, 0.25) is 5.88 Å². The molecule has 0 radical (unpaired) electrons. The lowest BCUT2D eigenvalue weighted by Gasteiger charge is -2.02. The molecule has 16 heavy (non-hydrogen) atoms. The van der Waals surface area contributed by atoms with Crippen LogP contribution in [-0.4, -0.2) is 20.1 Å². The molecule has 0 aliphatic heterocycles. The zero-order valence-electron chi connectivity index (χ0n) is 8.36. The second kappa shape index (κ2) is 4.05. The summed E-state index contributed by atoms with van der Waals surface area (Å²) in [5.41, 5.74) is 1.08. The number of pyridine rings is 1. The van der Waals surface area contributed by atoms with Crippen LogP contribution < -0.4 is 5.56 Å². The number of nitrogens with zero attached hydrogens (tertiary/aromatic N) is 2. The Kier molecular flexibility index (Phi) is 2.74. The number of rotatable bonds is 1. The lowest BCUT2D eigenvalue weighted by molar-refractivity contribution is 0.448. The Labute approximate surface area is 99.3 Å². The summed E-state index contributed by atoms with van der Waals surface area (Å²) in [6.07, 6.45) is 1.58. The molecule has 0 aliphatic rings. The van der Waals surface area contributed by atoms with Crippen molar-refractivity contribution in [1.82, 2.24) is 15.0 Å². The van der Waals surface area contributed by atoms with Gasteiger partial charge in [-0.15, -0.1) is 0 Å². The number of halogens is 1. The second-order valence-corrected chi connectivity index (χ2v) is 4.03. The molecule has 6 heteroatoms. The van der Waals surface area contributed by atoms with Crippen molar-refractivity contribution < 1.29 is 5.11 Å². The van der Waals surface area contributed by atoms with E-state index in [0.29, 0.717) is 11.4 Å². The molecule has 0 atom stereocenters. The van der Waals surface area contributed by atoms with E-state index in [1.54, 1.807) is 18.3 Å². The van der Waals surface area contributed by atoms with Gasteiger partial charge in [0, 0.05) is 17.5 Å². The Morgan fingerprint density at radius 1 is 1.44 bits per heavy atom. The van der Waals surface area contributed by atoms with Crippen LogP contribution in [0.2, 0.25) is 0 Å². The predicted molar refractivity (Wildman–Crippen MR) is 62.2 cm³/mol. The van der Waals surface area contributed by atoms with Crippen molar-refractivity contribution in [2.45, 2.75) is 6.92 Å². The van der Waals surface area contributed by atoms with Crippen molar-refractivity contribution in [2.75, 3.05) is 0 Å². The molecule has 0 amide bonds. The van der Waals surface area contributed by atoms with Crippen molar-refractivity contribution in [3.05, 3.63) is 38.9 Å². The average Bonchev–Trinajstić information content (AvgIpc) is 2.26. The summed E-state index contributed by atoms with van der Waals surface area (Å²) in [7, 11) is 0. The molecule has 5 nitrogen and oxygen atoms in total. The molecule has 2 aromatic heterocycles. The van der Waals surface area contributed by atoms with Gasteiger partial charge in [-0.1, -0.05) is 0 Å². The zero-order valence-corrected chi connectivity index (χ0v) is 9.95. The van der Waals surface area contributed by atoms with E-state index < -0.39 is 5.56 Å². The van der Waals surface area contributed by atoms with Gasteiger partial charge < -0.3 is 10.1 Å². The van der Waals surface area contributed by atoms with E-state index in [0.717, 1.165) is 5.69 Å². The van der Waals surface area contributed by atoms with Crippen molar-refractivity contribution >= 4 is 15.9 Å². The SMILES string of the molecule is Cc1ccc(-c2nc(O)c(Br)c(=O)[nH]2)cn1. The van der Waals surface area contributed by atoms with Crippen LogP contribution in [0.25, 0.3) is 11.4 Å². The van der Waals surface area contributed by atoms with Gasteiger partial charge in [0.15, 0.2) is 0 Å². The summed E-state index contributed by atoms with van der Waals surface area (Å²) >= 11 is 2.93. The molecule has 2 N–H and O–H groups in total. The van der Waals surface area contributed by atoms with Crippen LogP contribution in [0.1, 0.15) is 5.69 Å². The van der Waals surface area contributed by atoms with Gasteiger partial charge in [0.1, 0.15) is 10.3 Å². The summed E-state index contributed by atoms with van der Waals surface area (Å²) < 4.78 is 0.0244. The number of aryl methyl sites for hydroxylation is 1. The number of aromatic hydroxyl groups is 1. The summed E-state index contributed by atoms with van der Waals surface area (Å²) in [5, 5.41) is 9.40. The number of hydrogen-bond acceptors (Lipinski definition) is 4. The summed E-state index contributed by atoms with van der Waals surface area (Å²) in [5.74, 6) is -0.0440. The molecule has 0 unspecified atom stereocenters. The first-order chi connectivity index (χ1) is 7.58. The first-order valence-corrected chi connectivity index (χ1v) is 5.29. The summed E-state index contributed by atoms with van der Waals surface area (Å²) in [4.78, 5) is 21.8. The molecule has 0 aliphatic carbocycles. The second-order valence-electron chi connectivity index (χ2n) is 3.24. The molecule has 2 rings (SSSR count). The number of aromatic amines is 1. The number of hydrogen-bond donors (Lipinski definition) is 2. The van der Waals surface area contributed by atoms with E-state index in [2.05, 4.69) is 30.9 Å². The van der Waals surface area contributed by atoms with Crippen molar-refractivity contribution in [1.29, 1.82) is 0 Å². The van der Waals surface area contributed by atoms with E-state index in [1.807, 2.05) is 6.92 Å². The molecular weight excluding hydrogens is 274 g/mol. The third-order valence-corrected chi connectivity index (χ3v) is 2.74. The summed E-state index contributed by atoms with van der Waals surface area (Å²) in [6, 6.07) is 3.57. The van der Waals surface area contributed by atoms with Crippen LogP contribution in [0.3, 0.4) is 0 Å². The smallest absolute Gasteiger partial charge is 0.269 e. The number of nitrogens with one attached hydrogen (secondary N) is 1. The van der Waals surface area contributed by atoms with Gasteiger partial charge in [0.25, 0.3) is 5.56 Å². The Morgan fingerprint density at radius 3 is 2.75 bits per heavy atom. The largest absolute Gasteiger partial charge is 0.492 e. The monoisotopic (exact) mass is 281 g/mol. The zero-order chi connectivity index (χ0) is 11.7. The fourth-order valence-corrected chi connectivity index (χ4v) is 1.38. The normalized spacial score (nSPS) is 10.4. The highest BCUT2D eigenvalue weighted by atomic mass is 79.9. The molecule has 0 bridgehead atoms. The highest BCUT2D eigenvalue weighted by Crippen LogP contribution is 2.20. The Bertz CT molecular complexity index is 578. The van der Waals surface area contributed by atoms with E-state index in [9.17, 15) is 9.90 Å². The minimum atomic E-state index is -0.428. The minimum Gasteiger partial charge on any atom is -0.492 e. The maximum absolute atomic E-state index is 11.4. The van der Waals surface area contributed by atoms with E-state index >= 15 is 0 Å². The first-order valence-electron chi connectivity index (χ1n) is 4.50. The fraction of sp³-hybridized carbons (Fsp3) is 0.100. The van der Waals surface area contributed by atoms with Crippen LogP contribution in [0, 0.1) is 6.92 Å². The predicted octanol–water partition coefficient (Wildman–Crippen LogP) is 1.61. The topological polar surface area (TPSA) is 78.9 Å². The van der Waals surface area contributed by atoms with Gasteiger partial charge in [0.05, 0.1) is 0 Å². The number of aromatic nitrogens is 3. The lowest BCUT2D eigenvalue weighted by Crippen LogP contribution is -2.09. The van der Waals surface area contributed by atoms with Crippen LogP contribution in [0.5, 0.6) is 5.88 Å². The van der Waals surface area contributed by atoms with Crippen LogP contribution >= 0.6 is 15.9 Å². The van der Waals surface area contributed by atoms with Gasteiger partial charge in [-0.3, -0.25) is 9.78 Å². The Balaban J connectivity index is 2.57. The van der Waals surface area contributed by atoms with Gasteiger partial charge in [-0.05, 0) is 35.0 Å². The quantitative estimate of drug-likeness (QED) is 0.832. The van der Waals surface area contributed by atoms with Crippen LogP contribution in [0.15, 0.2) is 27.6 Å². The Hall–Kier alpha value is -1.69. The van der Waals surface area contributed by atoms with Crippen molar-refractivity contribution in [3.63, 3.8) is 0 Å². The van der Waals surface area contributed by atoms with E-state index in [1.165, 1.54) is 0 Å². The molecular formula is C10H8BrN3O2. The fourth-order valence-electron chi connectivity index (χ4n) is 1.19. The van der Waals surface area contributed by atoms with Crippen molar-refractivity contribution in [2.24, 2.45) is 0 Å². The Morgan fingerprint density at radius 2 is 2.19 bits per heavy atom. The molecule has 82 valence electrons. The molecule has 0 saturated carbocycles. The lowest BCUT2D eigenvalue weighted by atomic mass is 10.2. The van der Waals surface area contributed by atoms with Crippen molar-refractivity contribution in [3.8, 4) is 17.3 Å². The van der Waals surface area contributed by atoms with Gasteiger partial charge in [-0.2, -0.15) is 4.98 Å². The van der Waals surface area contributed by atoms with Gasteiger partial charge >= 0.3 is 0 Å². The minimum absolute atomic E-state index is 0.0244. The molecule has 2 aromatic rings. The highest BCUT2D eigenvalue weighted by Gasteiger charge is 2.08. The molecule has 0 spiro atoms. The molecule has 2 heterocycles. The maximum Gasteiger partial charge on any atom is 0.269 e. The molecule has 0 aromatic carbocycles. The van der Waals surface area contributed by atoms with Gasteiger partial charge in [-0.25, -0.2) is 0 Å². The third-order valence-electron chi connectivity index (χ3n) is 2.03. The first kappa shape index (κ1) is 10.8. The molecule has 0 saturated heterocycles. The molecule has 0 fully saturated rings. The summed E-state index contributed by atoms with van der Waals surface area (Å²) in [6.45, 7) is 1.86. The maximum atomic E-state index is 11.4. The van der Waals surface area contributed by atoms with E-state index in [4.69, 9.17) is 0 Å². The third kappa shape index (κ3) is 1.96. The highest BCUT2D eigenvalue weighted by molar-refractivity contribution is 9.10. The van der Waals surface area contributed by atoms with E-state index in [-0.39, 0.29) is 10.4 Å². The average molecular weight is 282 g/mol. The van der Waals surface area contributed by atoms with Crippen LogP contribution in [0.4, 0.5) is 0 Å². The standard InChI is InChI=1S/C10H8BrN3O2/c1-5-2-3-6(4-12-5)8-13-9(15)7(11)10(16)14-8/h2-4H,1H3,(H2,13,14,15,16). The number of H-pyrrole nitrogens is 1.